The van der Waals surface area contributed by atoms with E-state index in [2.05, 4.69) is 60.4 Å². The summed E-state index contributed by atoms with van der Waals surface area (Å²) in [7, 11) is 0. The Morgan fingerprint density at radius 1 is 0.926 bits per heavy atom. The van der Waals surface area contributed by atoms with Gasteiger partial charge in [-0.15, -0.1) is 4.73 Å². The number of rotatable bonds is 4. The molecule has 2 aromatic carbocycles. The molecule has 27 heavy (non-hydrogen) atoms. The maximum absolute atomic E-state index is 12.0. The molecule has 0 unspecified atom stereocenters. The summed E-state index contributed by atoms with van der Waals surface area (Å²) in [5.41, 5.74) is 5.47. The van der Waals surface area contributed by atoms with Crippen LogP contribution in [-0.4, -0.2) is 14.9 Å². The van der Waals surface area contributed by atoms with Gasteiger partial charge in [0.05, 0.1) is 0 Å². The number of pyridine rings is 2. The minimum absolute atomic E-state index is 0.285. The summed E-state index contributed by atoms with van der Waals surface area (Å²) in [5.74, 6) is 0. The van der Waals surface area contributed by atoms with Gasteiger partial charge in [-0.3, -0.25) is 4.79 Å². The number of benzene rings is 2. The summed E-state index contributed by atoms with van der Waals surface area (Å²) in [4.78, 5) is 16.1. The molecule has 4 aromatic rings. The SMILES string of the molecule is CCc1cccc(-c2ccc(Cc3cc(=O)n(O)c4ncccc34)cc2)c1. The quantitative estimate of drug-likeness (QED) is 0.550. The lowest BCUT2D eigenvalue weighted by molar-refractivity contribution is 0.186. The largest absolute Gasteiger partial charge is 0.423 e. The molecular formula is C23H20N2O2. The van der Waals surface area contributed by atoms with E-state index in [1.807, 2.05) is 6.07 Å². The molecule has 0 spiro atoms. The number of hydrogen-bond acceptors (Lipinski definition) is 3. The highest BCUT2D eigenvalue weighted by molar-refractivity contribution is 5.79. The monoisotopic (exact) mass is 356 g/mol. The summed E-state index contributed by atoms with van der Waals surface area (Å²) in [6.45, 7) is 2.15. The Bertz CT molecular complexity index is 1160. The van der Waals surface area contributed by atoms with Crippen molar-refractivity contribution in [3.8, 4) is 11.1 Å². The van der Waals surface area contributed by atoms with E-state index >= 15 is 0 Å². The molecule has 0 amide bonds. The van der Waals surface area contributed by atoms with E-state index in [4.69, 9.17) is 0 Å². The van der Waals surface area contributed by atoms with Crippen molar-refractivity contribution in [2.75, 3.05) is 0 Å². The molecule has 2 aromatic heterocycles. The van der Waals surface area contributed by atoms with Crippen molar-refractivity contribution in [3.63, 3.8) is 0 Å². The van der Waals surface area contributed by atoms with Gasteiger partial charge in [-0.1, -0.05) is 55.5 Å². The molecule has 0 aliphatic rings. The zero-order valence-corrected chi connectivity index (χ0v) is 15.1. The third-order valence-corrected chi connectivity index (χ3v) is 4.86. The fourth-order valence-electron chi connectivity index (χ4n) is 3.36. The Labute approximate surface area is 157 Å². The van der Waals surface area contributed by atoms with E-state index in [0.29, 0.717) is 11.2 Å². The predicted molar refractivity (Wildman–Crippen MR) is 107 cm³/mol. The first-order valence-corrected chi connectivity index (χ1v) is 9.03. The Kier molecular flexibility index (Phi) is 4.47. The lowest BCUT2D eigenvalue weighted by Crippen LogP contribution is -2.19. The van der Waals surface area contributed by atoms with Crippen LogP contribution in [0.3, 0.4) is 0 Å². The fraction of sp³-hybridized carbons (Fsp3) is 0.130. The van der Waals surface area contributed by atoms with Gasteiger partial charge in [0.15, 0.2) is 5.65 Å². The van der Waals surface area contributed by atoms with Crippen molar-refractivity contribution in [1.29, 1.82) is 0 Å². The van der Waals surface area contributed by atoms with E-state index in [0.717, 1.165) is 22.9 Å². The van der Waals surface area contributed by atoms with Crippen molar-refractivity contribution in [1.82, 2.24) is 9.71 Å². The van der Waals surface area contributed by atoms with E-state index in [9.17, 15) is 10.0 Å². The normalized spacial score (nSPS) is 11.0. The summed E-state index contributed by atoms with van der Waals surface area (Å²) in [6, 6.07) is 22.1. The van der Waals surface area contributed by atoms with Gasteiger partial charge in [-0.25, -0.2) is 4.98 Å². The van der Waals surface area contributed by atoms with Crippen LogP contribution >= 0.6 is 0 Å². The molecule has 0 aliphatic heterocycles. The van der Waals surface area contributed by atoms with Gasteiger partial charge in [0, 0.05) is 17.6 Å². The zero-order chi connectivity index (χ0) is 18.8. The third kappa shape index (κ3) is 3.34. The highest BCUT2D eigenvalue weighted by atomic mass is 16.5. The second kappa shape index (κ2) is 7.08. The zero-order valence-electron chi connectivity index (χ0n) is 15.1. The smallest absolute Gasteiger partial charge is 0.285 e. The van der Waals surface area contributed by atoms with Crippen LogP contribution in [0.1, 0.15) is 23.6 Å². The Morgan fingerprint density at radius 3 is 2.52 bits per heavy atom. The molecule has 2 heterocycles. The van der Waals surface area contributed by atoms with Gasteiger partial charge in [-0.05, 0) is 52.8 Å². The van der Waals surface area contributed by atoms with Crippen LogP contribution in [-0.2, 0) is 12.8 Å². The molecule has 0 saturated carbocycles. The molecule has 0 saturated heterocycles. The minimum Gasteiger partial charge on any atom is -0.423 e. The van der Waals surface area contributed by atoms with Crippen LogP contribution < -0.4 is 5.56 Å². The van der Waals surface area contributed by atoms with Crippen LogP contribution in [0.5, 0.6) is 0 Å². The van der Waals surface area contributed by atoms with Gasteiger partial charge in [0.1, 0.15) is 0 Å². The molecule has 0 atom stereocenters. The highest BCUT2D eigenvalue weighted by Gasteiger charge is 2.10. The average Bonchev–Trinajstić information content (AvgIpc) is 2.72. The molecule has 0 bridgehead atoms. The number of fused-ring (bicyclic) bond motifs is 1. The van der Waals surface area contributed by atoms with E-state index < -0.39 is 5.56 Å². The van der Waals surface area contributed by atoms with Gasteiger partial charge < -0.3 is 5.21 Å². The first-order chi connectivity index (χ1) is 13.2. The maximum Gasteiger partial charge on any atom is 0.285 e. The van der Waals surface area contributed by atoms with Gasteiger partial charge in [0.25, 0.3) is 5.56 Å². The van der Waals surface area contributed by atoms with Crippen LogP contribution in [0.25, 0.3) is 22.2 Å². The Balaban J connectivity index is 1.67. The standard InChI is InChI=1S/C23H20N2O2/c1-2-16-5-3-6-19(13-16)18-10-8-17(9-11-18)14-20-15-22(26)25(27)23-21(20)7-4-12-24-23/h3-13,15,27H,2,14H2,1H3. The van der Waals surface area contributed by atoms with Crippen molar-refractivity contribution in [2.45, 2.75) is 19.8 Å². The minimum atomic E-state index is -0.468. The van der Waals surface area contributed by atoms with E-state index in [1.54, 1.807) is 12.3 Å². The lowest BCUT2D eigenvalue weighted by Gasteiger charge is -2.09. The predicted octanol–water partition coefficient (Wildman–Crippen LogP) is 4.45. The summed E-state index contributed by atoms with van der Waals surface area (Å²) in [5, 5.41) is 10.7. The lowest BCUT2D eigenvalue weighted by atomic mass is 9.98. The Hall–Kier alpha value is -3.40. The maximum atomic E-state index is 12.0. The fourth-order valence-corrected chi connectivity index (χ4v) is 3.36. The molecule has 4 heteroatoms. The molecule has 4 rings (SSSR count). The Morgan fingerprint density at radius 2 is 1.74 bits per heavy atom. The summed E-state index contributed by atoms with van der Waals surface area (Å²) in [6.07, 6.45) is 3.19. The number of nitrogens with zero attached hydrogens (tertiary/aromatic N) is 2. The molecule has 134 valence electrons. The van der Waals surface area contributed by atoms with Crippen molar-refractivity contribution >= 4 is 11.0 Å². The summed E-state index contributed by atoms with van der Waals surface area (Å²) < 4.78 is 0.600. The van der Waals surface area contributed by atoms with Gasteiger partial charge in [-0.2, -0.15) is 0 Å². The van der Waals surface area contributed by atoms with Gasteiger partial charge >= 0.3 is 0 Å². The number of aryl methyl sites for hydroxylation is 1. The van der Waals surface area contributed by atoms with Crippen molar-refractivity contribution in [2.24, 2.45) is 0 Å². The van der Waals surface area contributed by atoms with E-state index in [-0.39, 0.29) is 5.65 Å². The molecule has 4 nitrogen and oxygen atoms in total. The molecule has 0 aliphatic carbocycles. The van der Waals surface area contributed by atoms with Crippen molar-refractivity contribution < 1.29 is 5.21 Å². The van der Waals surface area contributed by atoms with Crippen LogP contribution in [0.2, 0.25) is 0 Å². The molecule has 0 radical (unpaired) electrons. The van der Waals surface area contributed by atoms with Crippen molar-refractivity contribution in [3.05, 3.63) is 100.0 Å². The second-order valence-electron chi connectivity index (χ2n) is 6.62. The third-order valence-electron chi connectivity index (χ3n) is 4.86. The van der Waals surface area contributed by atoms with Crippen LogP contribution in [0.15, 0.2) is 77.7 Å². The second-order valence-corrected chi connectivity index (χ2v) is 6.62. The first kappa shape index (κ1) is 17.0. The topological polar surface area (TPSA) is 55.1 Å². The van der Waals surface area contributed by atoms with Crippen LogP contribution in [0.4, 0.5) is 0 Å². The first-order valence-electron chi connectivity index (χ1n) is 9.03. The molecule has 0 fully saturated rings. The molecule has 1 N–H and O–H groups in total. The van der Waals surface area contributed by atoms with Crippen LogP contribution in [0, 0.1) is 0 Å². The number of hydrogen-bond donors (Lipinski definition) is 1. The molecular weight excluding hydrogens is 336 g/mol. The highest BCUT2D eigenvalue weighted by Crippen LogP contribution is 2.23. The number of aromatic nitrogens is 2. The summed E-state index contributed by atoms with van der Waals surface area (Å²) >= 11 is 0. The van der Waals surface area contributed by atoms with E-state index in [1.165, 1.54) is 22.8 Å². The van der Waals surface area contributed by atoms with Gasteiger partial charge in [0.2, 0.25) is 0 Å². The average molecular weight is 356 g/mol.